The summed E-state index contributed by atoms with van der Waals surface area (Å²) < 4.78 is 16.1. The van der Waals surface area contributed by atoms with Crippen molar-refractivity contribution in [2.75, 3.05) is 50.3 Å². The Bertz CT molecular complexity index is 803. The Hall–Kier alpha value is -3.09. The highest BCUT2D eigenvalue weighted by Gasteiger charge is 2.23. The lowest BCUT2D eigenvalue weighted by atomic mass is 10.2. The third kappa shape index (κ3) is 3.20. The van der Waals surface area contributed by atoms with Crippen LogP contribution in [0.2, 0.25) is 0 Å². The highest BCUT2D eigenvalue weighted by Crippen LogP contribution is 2.35. The summed E-state index contributed by atoms with van der Waals surface area (Å²) in [4.78, 5) is 16.6. The minimum atomic E-state index is -0.111. The highest BCUT2D eigenvalue weighted by molar-refractivity contribution is 5.91. The van der Waals surface area contributed by atoms with Crippen LogP contribution in [0.1, 0.15) is 0 Å². The zero-order valence-corrected chi connectivity index (χ0v) is 14.6. The topological polar surface area (TPSA) is 63.3 Å². The number of urea groups is 1. The minimum Gasteiger partial charge on any atom is -0.495 e. The van der Waals surface area contributed by atoms with Gasteiger partial charge in [-0.1, -0.05) is 12.1 Å². The number of anilines is 2. The monoisotopic (exact) mass is 355 g/mol. The van der Waals surface area contributed by atoms with Gasteiger partial charge in [-0.15, -0.1) is 0 Å². The number of carbonyl (C=O) groups excluding carboxylic acids is 1. The van der Waals surface area contributed by atoms with Gasteiger partial charge < -0.3 is 29.3 Å². The maximum absolute atomic E-state index is 12.5. The van der Waals surface area contributed by atoms with Gasteiger partial charge in [0.1, 0.15) is 5.75 Å². The van der Waals surface area contributed by atoms with Gasteiger partial charge in [-0.2, -0.15) is 0 Å². The van der Waals surface area contributed by atoms with Gasteiger partial charge in [0.2, 0.25) is 6.79 Å². The predicted molar refractivity (Wildman–Crippen MR) is 98.4 cm³/mol. The van der Waals surface area contributed by atoms with Gasteiger partial charge in [-0.25, -0.2) is 4.79 Å². The van der Waals surface area contributed by atoms with Crippen molar-refractivity contribution in [2.45, 2.75) is 0 Å². The molecule has 26 heavy (non-hydrogen) atoms. The van der Waals surface area contributed by atoms with Crippen LogP contribution in [0.15, 0.2) is 42.5 Å². The fraction of sp³-hybridized carbons (Fsp3) is 0.316. The van der Waals surface area contributed by atoms with Crippen molar-refractivity contribution in [1.82, 2.24) is 4.90 Å². The van der Waals surface area contributed by atoms with Crippen LogP contribution in [-0.4, -0.2) is 51.0 Å². The number of fused-ring (bicyclic) bond motifs is 1. The number of rotatable bonds is 3. The van der Waals surface area contributed by atoms with Crippen LogP contribution in [-0.2, 0) is 0 Å². The maximum atomic E-state index is 12.5. The summed E-state index contributed by atoms with van der Waals surface area (Å²) in [6, 6.07) is 13.2. The molecule has 0 spiro atoms. The number of nitrogens with one attached hydrogen (secondary N) is 1. The molecule has 2 aliphatic heterocycles. The molecular formula is C19H21N3O4. The van der Waals surface area contributed by atoms with Gasteiger partial charge in [-0.3, -0.25) is 0 Å². The molecule has 0 aliphatic carbocycles. The number of hydrogen-bond donors (Lipinski definition) is 1. The lowest BCUT2D eigenvalue weighted by Crippen LogP contribution is -2.50. The quantitative estimate of drug-likeness (QED) is 0.917. The van der Waals surface area contributed by atoms with Gasteiger partial charge in [0, 0.05) is 37.9 Å². The van der Waals surface area contributed by atoms with Crippen LogP contribution in [0.25, 0.3) is 0 Å². The third-order valence-electron chi connectivity index (χ3n) is 4.64. The van der Waals surface area contributed by atoms with Crippen LogP contribution in [0.5, 0.6) is 17.2 Å². The molecule has 1 N–H and O–H groups in total. The van der Waals surface area contributed by atoms with Crippen LogP contribution < -0.4 is 24.4 Å². The summed E-state index contributed by atoms with van der Waals surface area (Å²) >= 11 is 0. The minimum absolute atomic E-state index is 0.111. The largest absolute Gasteiger partial charge is 0.495 e. The van der Waals surface area contributed by atoms with Gasteiger partial charge >= 0.3 is 6.03 Å². The number of amides is 2. The molecule has 0 radical (unpaired) electrons. The Morgan fingerprint density at radius 3 is 2.62 bits per heavy atom. The van der Waals surface area contributed by atoms with Crippen molar-refractivity contribution < 1.29 is 19.0 Å². The summed E-state index contributed by atoms with van der Waals surface area (Å²) in [6.45, 7) is 3.10. The van der Waals surface area contributed by atoms with E-state index in [1.165, 1.54) is 0 Å². The Labute approximate surface area is 152 Å². The Morgan fingerprint density at radius 2 is 1.81 bits per heavy atom. The van der Waals surface area contributed by atoms with E-state index in [4.69, 9.17) is 14.2 Å². The van der Waals surface area contributed by atoms with Crippen molar-refractivity contribution >= 4 is 17.4 Å². The van der Waals surface area contributed by atoms with E-state index in [0.717, 1.165) is 30.3 Å². The smallest absolute Gasteiger partial charge is 0.322 e. The zero-order chi connectivity index (χ0) is 17.9. The number of piperazine rings is 1. The molecule has 1 fully saturated rings. The van der Waals surface area contributed by atoms with E-state index in [0.29, 0.717) is 24.5 Å². The SMILES string of the molecule is COc1ccccc1NC(=O)N1CCN(c2ccc3c(c2)OCO3)CC1. The number of benzene rings is 2. The second-order valence-electron chi connectivity index (χ2n) is 6.14. The molecule has 136 valence electrons. The number of nitrogens with zero attached hydrogens (tertiary/aromatic N) is 2. The molecular weight excluding hydrogens is 334 g/mol. The molecule has 0 saturated carbocycles. The van der Waals surface area contributed by atoms with Crippen molar-refractivity contribution in [2.24, 2.45) is 0 Å². The van der Waals surface area contributed by atoms with E-state index >= 15 is 0 Å². The third-order valence-corrected chi connectivity index (χ3v) is 4.64. The van der Waals surface area contributed by atoms with Crippen LogP contribution in [0.4, 0.5) is 16.2 Å². The molecule has 2 amide bonds. The van der Waals surface area contributed by atoms with E-state index in [1.807, 2.05) is 47.4 Å². The molecule has 2 aromatic carbocycles. The van der Waals surface area contributed by atoms with E-state index < -0.39 is 0 Å². The molecule has 2 heterocycles. The van der Waals surface area contributed by atoms with Gasteiger partial charge in [0.05, 0.1) is 12.8 Å². The van der Waals surface area contributed by atoms with E-state index in [1.54, 1.807) is 7.11 Å². The Kier molecular flexibility index (Phi) is 4.43. The fourth-order valence-electron chi connectivity index (χ4n) is 3.19. The number of methoxy groups -OCH3 is 1. The summed E-state index contributed by atoms with van der Waals surface area (Å²) in [7, 11) is 1.59. The first kappa shape index (κ1) is 16.4. The van der Waals surface area contributed by atoms with E-state index in [2.05, 4.69) is 10.2 Å². The molecule has 0 bridgehead atoms. The molecule has 7 nitrogen and oxygen atoms in total. The Morgan fingerprint density at radius 1 is 1.04 bits per heavy atom. The number of carbonyl (C=O) groups is 1. The van der Waals surface area contributed by atoms with Crippen molar-refractivity contribution in [1.29, 1.82) is 0 Å². The van der Waals surface area contributed by atoms with Gasteiger partial charge in [0.15, 0.2) is 11.5 Å². The molecule has 2 aromatic rings. The first-order chi connectivity index (χ1) is 12.7. The second kappa shape index (κ2) is 7.03. The molecule has 2 aliphatic rings. The van der Waals surface area contributed by atoms with E-state index in [9.17, 15) is 4.79 Å². The maximum Gasteiger partial charge on any atom is 0.322 e. The second-order valence-corrected chi connectivity index (χ2v) is 6.14. The normalized spacial score (nSPS) is 15.7. The van der Waals surface area contributed by atoms with Crippen LogP contribution in [0, 0.1) is 0 Å². The highest BCUT2D eigenvalue weighted by atomic mass is 16.7. The molecule has 0 aromatic heterocycles. The van der Waals surface area contributed by atoms with Gasteiger partial charge in [-0.05, 0) is 24.3 Å². The Balaban J connectivity index is 1.36. The predicted octanol–water partition coefficient (Wildman–Crippen LogP) is 2.78. The first-order valence-electron chi connectivity index (χ1n) is 8.58. The lowest BCUT2D eigenvalue weighted by molar-refractivity contribution is 0.174. The lowest BCUT2D eigenvalue weighted by Gasteiger charge is -2.36. The summed E-state index contributed by atoms with van der Waals surface area (Å²) in [5.74, 6) is 2.21. The van der Waals surface area contributed by atoms with Crippen LogP contribution >= 0.6 is 0 Å². The standard InChI is InChI=1S/C19H21N3O4/c1-24-16-5-3-2-4-15(16)20-19(23)22-10-8-21(9-11-22)14-6-7-17-18(12-14)26-13-25-17/h2-7,12H,8-11,13H2,1H3,(H,20,23). The van der Waals surface area contributed by atoms with E-state index in [-0.39, 0.29) is 12.8 Å². The van der Waals surface area contributed by atoms with Crippen molar-refractivity contribution in [3.05, 3.63) is 42.5 Å². The number of para-hydroxylation sites is 2. The van der Waals surface area contributed by atoms with Crippen molar-refractivity contribution in [3.8, 4) is 17.2 Å². The first-order valence-corrected chi connectivity index (χ1v) is 8.58. The average Bonchev–Trinajstić information content (AvgIpc) is 3.16. The molecule has 7 heteroatoms. The van der Waals surface area contributed by atoms with Gasteiger partial charge in [0.25, 0.3) is 0 Å². The zero-order valence-electron chi connectivity index (χ0n) is 14.6. The average molecular weight is 355 g/mol. The summed E-state index contributed by atoms with van der Waals surface area (Å²) in [6.07, 6.45) is 0. The summed E-state index contributed by atoms with van der Waals surface area (Å²) in [5.41, 5.74) is 1.76. The van der Waals surface area contributed by atoms with Crippen molar-refractivity contribution in [3.63, 3.8) is 0 Å². The molecule has 0 unspecified atom stereocenters. The molecule has 1 saturated heterocycles. The number of ether oxygens (including phenoxy) is 3. The molecule has 4 rings (SSSR count). The number of hydrogen-bond acceptors (Lipinski definition) is 5. The summed E-state index contributed by atoms with van der Waals surface area (Å²) in [5, 5.41) is 2.93. The molecule has 0 atom stereocenters. The van der Waals surface area contributed by atoms with Crippen LogP contribution in [0.3, 0.4) is 0 Å². The fourth-order valence-corrected chi connectivity index (χ4v) is 3.19.